The van der Waals surface area contributed by atoms with Crippen LogP contribution in [0.4, 0.5) is 4.79 Å². The van der Waals surface area contributed by atoms with Crippen molar-refractivity contribution in [2.24, 2.45) is 0 Å². The van der Waals surface area contributed by atoms with E-state index in [0.717, 1.165) is 11.1 Å². The Kier molecular flexibility index (Phi) is 7.98. The van der Waals surface area contributed by atoms with E-state index in [4.69, 9.17) is 8.92 Å². The molecule has 1 amide bonds. The zero-order valence-corrected chi connectivity index (χ0v) is 16.7. The normalized spacial score (nSPS) is 13.5. The van der Waals surface area contributed by atoms with Crippen molar-refractivity contribution in [3.8, 4) is 0 Å². The Balaban J connectivity index is 1.73. The van der Waals surface area contributed by atoms with Crippen molar-refractivity contribution in [3.05, 3.63) is 65.7 Å². The topological polar surface area (TPSA) is 102 Å². The van der Waals surface area contributed by atoms with Gasteiger partial charge < -0.3 is 15.2 Å². The van der Waals surface area contributed by atoms with Crippen LogP contribution in [0.1, 0.15) is 24.5 Å². The van der Waals surface area contributed by atoms with E-state index in [-0.39, 0.29) is 24.5 Å². The standard InChI is InChI=1S/C20H25NO6S/c1-15-8-10-18(11-9-15)28(24,25)27-13-12-19(22)16(2)21-20(23)26-14-17-6-4-3-5-7-17/h3-11,16,19,22H,12-14H2,1-2H3,(H,21,23). The number of hydrogen-bond donors (Lipinski definition) is 2. The van der Waals surface area contributed by atoms with Crippen molar-refractivity contribution in [1.29, 1.82) is 0 Å². The van der Waals surface area contributed by atoms with Crippen LogP contribution in [0.3, 0.4) is 0 Å². The Morgan fingerprint density at radius 3 is 2.39 bits per heavy atom. The number of alkyl carbamates (subject to hydrolysis) is 1. The van der Waals surface area contributed by atoms with Gasteiger partial charge in [0, 0.05) is 6.42 Å². The van der Waals surface area contributed by atoms with E-state index in [1.54, 1.807) is 19.1 Å². The number of nitrogens with one attached hydrogen (secondary N) is 1. The number of ether oxygens (including phenoxy) is 1. The first-order chi connectivity index (χ1) is 13.3. The van der Waals surface area contributed by atoms with Crippen molar-refractivity contribution in [3.63, 3.8) is 0 Å². The highest BCUT2D eigenvalue weighted by Gasteiger charge is 2.20. The third-order valence-electron chi connectivity index (χ3n) is 4.10. The molecule has 0 saturated carbocycles. The first kappa shape index (κ1) is 21.9. The van der Waals surface area contributed by atoms with E-state index >= 15 is 0 Å². The van der Waals surface area contributed by atoms with Crippen LogP contribution in [-0.4, -0.2) is 38.4 Å². The van der Waals surface area contributed by atoms with E-state index < -0.39 is 28.4 Å². The van der Waals surface area contributed by atoms with E-state index in [9.17, 15) is 18.3 Å². The summed E-state index contributed by atoms with van der Waals surface area (Å²) in [6.07, 6.45) is -1.62. The Hall–Kier alpha value is -2.42. The Morgan fingerprint density at radius 2 is 1.75 bits per heavy atom. The summed E-state index contributed by atoms with van der Waals surface area (Å²) in [6, 6.07) is 14.9. The van der Waals surface area contributed by atoms with Gasteiger partial charge in [0.2, 0.25) is 0 Å². The quantitative estimate of drug-likeness (QED) is 0.620. The van der Waals surface area contributed by atoms with Gasteiger partial charge in [-0.25, -0.2) is 4.79 Å². The maximum atomic E-state index is 12.1. The number of carbonyl (C=O) groups is 1. The third kappa shape index (κ3) is 6.95. The molecule has 8 heteroatoms. The van der Waals surface area contributed by atoms with E-state index in [1.807, 2.05) is 37.3 Å². The Labute approximate surface area is 165 Å². The second-order valence-corrected chi connectivity index (χ2v) is 8.06. The molecule has 0 aliphatic heterocycles. The van der Waals surface area contributed by atoms with Crippen LogP contribution in [0, 0.1) is 6.92 Å². The lowest BCUT2D eigenvalue weighted by molar-refractivity contribution is 0.0920. The minimum absolute atomic E-state index is 0.0330. The summed E-state index contributed by atoms with van der Waals surface area (Å²) in [7, 11) is -3.88. The predicted molar refractivity (Wildman–Crippen MR) is 104 cm³/mol. The highest BCUT2D eigenvalue weighted by molar-refractivity contribution is 7.86. The second kappa shape index (κ2) is 10.2. The molecule has 7 nitrogen and oxygen atoms in total. The summed E-state index contributed by atoms with van der Waals surface area (Å²) >= 11 is 0. The number of aliphatic hydroxyl groups excluding tert-OH is 1. The number of amides is 1. The van der Waals surface area contributed by atoms with Crippen LogP contribution < -0.4 is 5.32 Å². The molecule has 2 atom stereocenters. The number of aryl methyl sites for hydroxylation is 1. The molecule has 0 heterocycles. The summed E-state index contributed by atoms with van der Waals surface area (Å²) in [5, 5.41) is 12.6. The molecule has 2 aromatic rings. The molecular weight excluding hydrogens is 382 g/mol. The minimum atomic E-state index is -3.88. The van der Waals surface area contributed by atoms with Crippen LogP contribution in [0.15, 0.2) is 59.5 Å². The number of rotatable bonds is 9. The molecule has 0 spiro atoms. The molecule has 2 unspecified atom stereocenters. The molecule has 0 bridgehead atoms. The fraction of sp³-hybridized carbons (Fsp3) is 0.350. The molecule has 2 aromatic carbocycles. The molecule has 28 heavy (non-hydrogen) atoms. The second-order valence-electron chi connectivity index (χ2n) is 6.44. The average molecular weight is 407 g/mol. The lowest BCUT2D eigenvalue weighted by atomic mass is 10.1. The van der Waals surface area contributed by atoms with Gasteiger partial charge in [-0.15, -0.1) is 0 Å². The van der Waals surface area contributed by atoms with E-state index in [2.05, 4.69) is 5.32 Å². The number of carbonyl (C=O) groups excluding carboxylic acids is 1. The van der Waals surface area contributed by atoms with Crippen LogP contribution in [0.5, 0.6) is 0 Å². The van der Waals surface area contributed by atoms with Gasteiger partial charge in [0.05, 0.1) is 23.6 Å². The molecule has 0 fully saturated rings. The van der Waals surface area contributed by atoms with Crippen LogP contribution >= 0.6 is 0 Å². The molecule has 2 rings (SSSR count). The highest BCUT2D eigenvalue weighted by atomic mass is 32.2. The Morgan fingerprint density at radius 1 is 1.11 bits per heavy atom. The zero-order chi connectivity index (χ0) is 20.6. The minimum Gasteiger partial charge on any atom is -0.445 e. The molecule has 0 aliphatic rings. The van der Waals surface area contributed by atoms with Gasteiger partial charge in [-0.1, -0.05) is 48.0 Å². The first-order valence-corrected chi connectivity index (χ1v) is 10.3. The summed E-state index contributed by atoms with van der Waals surface area (Å²) in [4.78, 5) is 11.9. The maximum absolute atomic E-state index is 12.1. The van der Waals surface area contributed by atoms with Crippen molar-refractivity contribution in [2.75, 3.05) is 6.61 Å². The summed E-state index contributed by atoms with van der Waals surface area (Å²) in [5.41, 5.74) is 1.79. The lowest BCUT2D eigenvalue weighted by Gasteiger charge is -2.20. The summed E-state index contributed by atoms with van der Waals surface area (Å²) in [5.74, 6) is 0. The van der Waals surface area contributed by atoms with Gasteiger partial charge in [-0.2, -0.15) is 8.42 Å². The van der Waals surface area contributed by atoms with Crippen molar-refractivity contribution < 1.29 is 27.2 Å². The zero-order valence-electron chi connectivity index (χ0n) is 15.9. The fourth-order valence-corrected chi connectivity index (χ4v) is 3.27. The van der Waals surface area contributed by atoms with Crippen LogP contribution in [0.2, 0.25) is 0 Å². The highest BCUT2D eigenvalue weighted by Crippen LogP contribution is 2.14. The summed E-state index contributed by atoms with van der Waals surface area (Å²) < 4.78 is 34.2. The number of aliphatic hydroxyl groups is 1. The maximum Gasteiger partial charge on any atom is 0.407 e. The monoisotopic (exact) mass is 407 g/mol. The van der Waals surface area contributed by atoms with Crippen LogP contribution in [-0.2, 0) is 25.6 Å². The van der Waals surface area contributed by atoms with Gasteiger partial charge in [-0.05, 0) is 31.5 Å². The van der Waals surface area contributed by atoms with E-state index in [1.165, 1.54) is 12.1 Å². The molecule has 0 radical (unpaired) electrons. The van der Waals surface area contributed by atoms with E-state index in [0.29, 0.717) is 0 Å². The van der Waals surface area contributed by atoms with Crippen molar-refractivity contribution in [1.82, 2.24) is 5.32 Å². The lowest BCUT2D eigenvalue weighted by Crippen LogP contribution is -2.41. The predicted octanol–water partition coefficient (Wildman–Crippen LogP) is 2.77. The van der Waals surface area contributed by atoms with Crippen LogP contribution in [0.25, 0.3) is 0 Å². The number of hydrogen-bond acceptors (Lipinski definition) is 6. The molecular formula is C20H25NO6S. The largest absolute Gasteiger partial charge is 0.445 e. The Bertz CT molecular complexity index is 852. The van der Waals surface area contributed by atoms with Gasteiger partial charge >= 0.3 is 6.09 Å². The van der Waals surface area contributed by atoms with Gasteiger partial charge in [-0.3, -0.25) is 4.18 Å². The molecule has 0 aliphatic carbocycles. The van der Waals surface area contributed by atoms with Gasteiger partial charge in [0.15, 0.2) is 0 Å². The summed E-state index contributed by atoms with van der Waals surface area (Å²) in [6.45, 7) is 3.37. The average Bonchev–Trinajstić information content (AvgIpc) is 2.67. The van der Waals surface area contributed by atoms with Gasteiger partial charge in [0.1, 0.15) is 6.61 Å². The molecule has 0 saturated heterocycles. The van der Waals surface area contributed by atoms with Gasteiger partial charge in [0.25, 0.3) is 10.1 Å². The molecule has 152 valence electrons. The number of benzene rings is 2. The smallest absolute Gasteiger partial charge is 0.407 e. The SMILES string of the molecule is Cc1ccc(S(=O)(=O)OCCC(O)C(C)NC(=O)OCc2ccccc2)cc1. The molecule has 0 aromatic heterocycles. The fourth-order valence-electron chi connectivity index (χ4n) is 2.35. The molecule has 2 N–H and O–H groups in total. The van der Waals surface area contributed by atoms with Crippen molar-refractivity contribution in [2.45, 2.75) is 43.9 Å². The van der Waals surface area contributed by atoms with Crippen molar-refractivity contribution >= 4 is 16.2 Å². The third-order valence-corrected chi connectivity index (χ3v) is 5.42. The first-order valence-electron chi connectivity index (χ1n) is 8.89.